The molecule has 2 rings (SSSR count). The second-order valence-electron chi connectivity index (χ2n) is 5.28. The highest BCUT2D eigenvalue weighted by atomic mass is 19.1. The molecular formula is C17H17F2N3O3. The minimum Gasteiger partial charge on any atom is -0.387 e. The quantitative estimate of drug-likeness (QED) is 0.669. The van der Waals surface area contributed by atoms with Crippen molar-refractivity contribution < 1.29 is 23.5 Å². The molecule has 2 aromatic carbocycles. The van der Waals surface area contributed by atoms with Gasteiger partial charge in [-0.05, 0) is 35.9 Å². The van der Waals surface area contributed by atoms with E-state index >= 15 is 0 Å². The van der Waals surface area contributed by atoms with Crippen LogP contribution in [-0.4, -0.2) is 23.6 Å². The summed E-state index contributed by atoms with van der Waals surface area (Å²) in [4.78, 5) is 22.8. The lowest BCUT2D eigenvalue weighted by Gasteiger charge is -2.14. The Bertz CT molecular complexity index is 766. The number of aliphatic hydroxyl groups excluding tert-OH is 1. The van der Waals surface area contributed by atoms with E-state index in [0.717, 1.165) is 6.07 Å². The smallest absolute Gasteiger partial charge is 0.319 e. The third-order valence-electron chi connectivity index (χ3n) is 3.25. The van der Waals surface area contributed by atoms with Crippen LogP contribution in [0.2, 0.25) is 0 Å². The molecule has 0 aliphatic heterocycles. The summed E-state index contributed by atoms with van der Waals surface area (Å²) in [5, 5.41) is 17.1. The molecule has 0 aromatic heterocycles. The summed E-state index contributed by atoms with van der Waals surface area (Å²) in [5.41, 5.74) is 0.635. The summed E-state index contributed by atoms with van der Waals surface area (Å²) in [6, 6.07) is 8.19. The molecule has 0 saturated heterocycles. The van der Waals surface area contributed by atoms with Crippen LogP contribution in [-0.2, 0) is 4.79 Å². The highest BCUT2D eigenvalue weighted by molar-refractivity contribution is 5.92. The van der Waals surface area contributed by atoms with E-state index in [1.165, 1.54) is 43.3 Å². The lowest BCUT2D eigenvalue weighted by molar-refractivity contribution is -0.114. The van der Waals surface area contributed by atoms with E-state index in [9.17, 15) is 23.5 Å². The zero-order valence-electron chi connectivity index (χ0n) is 13.3. The van der Waals surface area contributed by atoms with E-state index in [1.54, 1.807) is 0 Å². The van der Waals surface area contributed by atoms with Gasteiger partial charge in [0.15, 0.2) is 0 Å². The average Bonchev–Trinajstić information content (AvgIpc) is 2.56. The maximum atomic E-state index is 13.7. The van der Waals surface area contributed by atoms with Gasteiger partial charge < -0.3 is 21.1 Å². The van der Waals surface area contributed by atoms with Crippen LogP contribution in [0, 0.1) is 11.6 Å². The van der Waals surface area contributed by atoms with Crippen molar-refractivity contribution in [2.24, 2.45) is 0 Å². The molecule has 6 nitrogen and oxygen atoms in total. The van der Waals surface area contributed by atoms with Gasteiger partial charge in [0, 0.05) is 19.2 Å². The fourth-order valence-electron chi connectivity index (χ4n) is 2.06. The summed E-state index contributed by atoms with van der Waals surface area (Å²) in [6.45, 7) is 1.16. The molecule has 0 aliphatic carbocycles. The number of amides is 3. The Balaban J connectivity index is 1.93. The third-order valence-corrected chi connectivity index (χ3v) is 3.25. The largest absolute Gasteiger partial charge is 0.387 e. The molecule has 0 spiro atoms. The second-order valence-corrected chi connectivity index (χ2v) is 5.28. The van der Waals surface area contributed by atoms with Gasteiger partial charge in [-0.25, -0.2) is 13.6 Å². The Kier molecular flexibility index (Phi) is 6.02. The zero-order chi connectivity index (χ0) is 18.4. The minimum atomic E-state index is -1.04. The first kappa shape index (κ1) is 18.3. The number of aliphatic hydroxyl groups is 1. The molecule has 4 N–H and O–H groups in total. The average molecular weight is 349 g/mol. The van der Waals surface area contributed by atoms with E-state index in [4.69, 9.17) is 0 Å². The Morgan fingerprint density at radius 2 is 1.76 bits per heavy atom. The van der Waals surface area contributed by atoms with Crippen LogP contribution in [0.5, 0.6) is 0 Å². The van der Waals surface area contributed by atoms with Gasteiger partial charge in [0.1, 0.15) is 11.6 Å². The number of anilines is 2. The SMILES string of the molecule is CC(=O)Nc1ccc(F)c(NC(=O)NCC(O)c2ccc(F)cc2)c1. The van der Waals surface area contributed by atoms with Crippen LogP contribution < -0.4 is 16.0 Å². The van der Waals surface area contributed by atoms with E-state index in [0.29, 0.717) is 11.3 Å². The van der Waals surface area contributed by atoms with E-state index in [-0.39, 0.29) is 18.1 Å². The first-order valence-electron chi connectivity index (χ1n) is 7.40. The molecule has 25 heavy (non-hydrogen) atoms. The Morgan fingerprint density at radius 3 is 2.40 bits per heavy atom. The maximum absolute atomic E-state index is 13.7. The molecule has 0 fully saturated rings. The lowest BCUT2D eigenvalue weighted by Crippen LogP contribution is -2.32. The highest BCUT2D eigenvalue weighted by Gasteiger charge is 2.12. The summed E-state index contributed by atoms with van der Waals surface area (Å²) in [7, 11) is 0. The number of carbonyl (C=O) groups excluding carboxylic acids is 2. The van der Waals surface area contributed by atoms with Gasteiger partial charge in [-0.1, -0.05) is 12.1 Å². The first-order chi connectivity index (χ1) is 11.8. The highest BCUT2D eigenvalue weighted by Crippen LogP contribution is 2.19. The van der Waals surface area contributed by atoms with Crippen LogP contribution in [0.25, 0.3) is 0 Å². The molecule has 132 valence electrons. The van der Waals surface area contributed by atoms with Crippen LogP contribution in [0.4, 0.5) is 25.0 Å². The number of hydrogen-bond donors (Lipinski definition) is 4. The molecule has 0 saturated carbocycles. The fraction of sp³-hybridized carbons (Fsp3) is 0.176. The molecule has 0 bridgehead atoms. The minimum absolute atomic E-state index is 0.125. The van der Waals surface area contributed by atoms with Crippen molar-refractivity contribution in [2.45, 2.75) is 13.0 Å². The molecule has 0 radical (unpaired) electrons. The van der Waals surface area contributed by atoms with Gasteiger partial charge >= 0.3 is 6.03 Å². The van der Waals surface area contributed by atoms with Crippen molar-refractivity contribution >= 4 is 23.3 Å². The molecule has 3 amide bonds. The number of benzene rings is 2. The third kappa shape index (κ3) is 5.54. The Hall–Kier alpha value is -3.00. The normalized spacial score (nSPS) is 11.5. The fourth-order valence-corrected chi connectivity index (χ4v) is 2.06. The van der Waals surface area contributed by atoms with E-state index in [2.05, 4.69) is 16.0 Å². The first-order valence-corrected chi connectivity index (χ1v) is 7.40. The zero-order valence-corrected chi connectivity index (χ0v) is 13.3. The van der Waals surface area contributed by atoms with Gasteiger partial charge in [0.2, 0.25) is 5.91 Å². The number of carbonyl (C=O) groups is 2. The van der Waals surface area contributed by atoms with Crippen LogP contribution in [0.15, 0.2) is 42.5 Å². The molecule has 1 unspecified atom stereocenters. The Labute approximate surface area is 142 Å². The van der Waals surface area contributed by atoms with E-state index in [1.807, 2.05) is 0 Å². The van der Waals surface area contributed by atoms with Gasteiger partial charge in [-0.15, -0.1) is 0 Å². The molecule has 1 atom stereocenters. The van der Waals surface area contributed by atoms with Crippen molar-refractivity contribution in [3.8, 4) is 0 Å². The van der Waals surface area contributed by atoms with Gasteiger partial charge in [0.25, 0.3) is 0 Å². The van der Waals surface area contributed by atoms with Crippen molar-refractivity contribution in [1.29, 1.82) is 0 Å². The predicted octanol–water partition coefficient (Wildman–Crippen LogP) is 2.78. The predicted molar refractivity (Wildman–Crippen MR) is 89.1 cm³/mol. The van der Waals surface area contributed by atoms with Gasteiger partial charge in [-0.3, -0.25) is 4.79 Å². The van der Waals surface area contributed by atoms with Crippen LogP contribution in [0.3, 0.4) is 0 Å². The number of hydrogen-bond acceptors (Lipinski definition) is 3. The molecular weight excluding hydrogens is 332 g/mol. The maximum Gasteiger partial charge on any atom is 0.319 e. The topological polar surface area (TPSA) is 90.5 Å². The number of nitrogens with one attached hydrogen (secondary N) is 3. The summed E-state index contributed by atoms with van der Waals surface area (Å²) in [5.74, 6) is -1.44. The van der Waals surface area contributed by atoms with Crippen LogP contribution >= 0.6 is 0 Å². The summed E-state index contributed by atoms with van der Waals surface area (Å²) < 4.78 is 26.6. The van der Waals surface area contributed by atoms with Gasteiger partial charge in [0.05, 0.1) is 11.8 Å². The monoisotopic (exact) mass is 349 g/mol. The Morgan fingerprint density at radius 1 is 1.08 bits per heavy atom. The number of urea groups is 1. The molecule has 0 heterocycles. The van der Waals surface area contributed by atoms with Crippen molar-refractivity contribution in [2.75, 3.05) is 17.2 Å². The van der Waals surface area contributed by atoms with Crippen LogP contribution in [0.1, 0.15) is 18.6 Å². The van der Waals surface area contributed by atoms with E-state index < -0.39 is 23.8 Å². The molecule has 2 aromatic rings. The molecule has 8 heteroatoms. The molecule has 0 aliphatic rings. The summed E-state index contributed by atoms with van der Waals surface area (Å²) >= 11 is 0. The van der Waals surface area contributed by atoms with Crippen molar-refractivity contribution in [3.63, 3.8) is 0 Å². The number of rotatable bonds is 5. The summed E-state index contributed by atoms with van der Waals surface area (Å²) in [6.07, 6.45) is -1.04. The second kappa shape index (κ2) is 8.20. The van der Waals surface area contributed by atoms with Gasteiger partial charge in [-0.2, -0.15) is 0 Å². The van der Waals surface area contributed by atoms with Crippen molar-refractivity contribution in [1.82, 2.24) is 5.32 Å². The van der Waals surface area contributed by atoms with Crippen molar-refractivity contribution in [3.05, 3.63) is 59.7 Å². The lowest BCUT2D eigenvalue weighted by atomic mass is 10.1. The standard InChI is InChI=1S/C17H17F2N3O3/c1-10(23)21-13-6-7-14(19)15(8-13)22-17(25)20-9-16(24)11-2-4-12(18)5-3-11/h2-8,16,24H,9H2,1H3,(H,21,23)(H2,20,22,25). The number of halogens is 2.